The summed E-state index contributed by atoms with van der Waals surface area (Å²) in [4.78, 5) is 0. The molecule has 0 saturated heterocycles. The second-order valence-electron chi connectivity index (χ2n) is 4.48. The fourth-order valence-electron chi connectivity index (χ4n) is 2.31. The third-order valence-electron chi connectivity index (χ3n) is 3.15. The summed E-state index contributed by atoms with van der Waals surface area (Å²) >= 11 is 3.36. The van der Waals surface area contributed by atoms with Gasteiger partial charge in [0, 0.05) is 10.0 Å². The summed E-state index contributed by atoms with van der Waals surface area (Å²) in [5, 5.41) is 0. The minimum Gasteiger partial charge on any atom is -0.325 e. The second-order valence-corrected chi connectivity index (χ2v) is 5.40. The van der Waals surface area contributed by atoms with Crippen LogP contribution in [-0.2, 0) is 6.42 Å². The zero-order valence-electron chi connectivity index (χ0n) is 8.60. The third kappa shape index (κ3) is 2.58. The molecule has 1 aliphatic rings. The van der Waals surface area contributed by atoms with Crippen LogP contribution in [0, 0.1) is 5.82 Å². The predicted octanol–water partition coefficient (Wildman–Crippen LogP) is 3.40. The average molecular weight is 272 g/mol. The van der Waals surface area contributed by atoms with Gasteiger partial charge in [-0.2, -0.15) is 0 Å². The zero-order valence-corrected chi connectivity index (χ0v) is 10.2. The molecule has 2 rings (SSSR count). The van der Waals surface area contributed by atoms with Crippen LogP contribution >= 0.6 is 15.9 Å². The quantitative estimate of drug-likeness (QED) is 0.877. The van der Waals surface area contributed by atoms with Crippen molar-refractivity contribution in [3.05, 3.63) is 34.1 Å². The van der Waals surface area contributed by atoms with E-state index in [0.29, 0.717) is 6.42 Å². The molecule has 1 aromatic carbocycles. The first-order valence-corrected chi connectivity index (χ1v) is 6.11. The van der Waals surface area contributed by atoms with Gasteiger partial charge in [0.1, 0.15) is 5.82 Å². The van der Waals surface area contributed by atoms with Crippen molar-refractivity contribution in [2.75, 3.05) is 0 Å². The van der Waals surface area contributed by atoms with Gasteiger partial charge in [-0.1, -0.05) is 28.8 Å². The summed E-state index contributed by atoms with van der Waals surface area (Å²) in [7, 11) is 0. The fraction of sp³-hybridized carbons (Fsp3) is 0.500. The van der Waals surface area contributed by atoms with E-state index in [-0.39, 0.29) is 11.4 Å². The molecule has 1 saturated carbocycles. The van der Waals surface area contributed by atoms with Gasteiger partial charge in [0.05, 0.1) is 0 Å². The first-order valence-electron chi connectivity index (χ1n) is 5.32. The molecule has 1 aromatic rings. The highest BCUT2D eigenvalue weighted by molar-refractivity contribution is 9.10. The summed E-state index contributed by atoms with van der Waals surface area (Å²) < 4.78 is 14.4. The fourth-order valence-corrected chi connectivity index (χ4v) is 2.72. The van der Waals surface area contributed by atoms with Gasteiger partial charge in [-0.15, -0.1) is 0 Å². The van der Waals surface area contributed by atoms with Crippen molar-refractivity contribution < 1.29 is 4.39 Å². The Labute approximate surface area is 98.0 Å². The van der Waals surface area contributed by atoms with Gasteiger partial charge < -0.3 is 5.73 Å². The number of nitrogens with two attached hydrogens (primary N) is 1. The highest BCUT2D eigenvalue weighted by atomic mass is 79.9. The lowest BCUT2D eigenvalue weighted by Crippen LogP contribution is -2.38. The van der Waals surface area contributed by atoms with Crippen LogP contribution in [0.2, 0.25) is 0 Å². The lowest BCUT2D eigenvalue weighted by atomic mass is 9.90. The van der Waals surface area contributed by atoms with Gasteiger partial charge in [-0.3, -0.25) is 0 Å². The Morgan fingerprint density at radius 1 is 1.33 bits per heavy atom. The van der Waals surface area contributed by atoms with Crippen molar-refractivity contribution in [3.8, 4) is 0 Å². The molecule has 1 fully saturated rings. The van der Waals surface area contributed by atoms with Crippen LogP contribution in [0.25, 0.3) is 0 Å². The molecule has 0 aliphatic heterocycles. The standard InChI is InChI=1S/C12H15BrFN/c13-10-3-4-11(14)9(7-10)8-12(15)5-1-2-6-12/h3-4,7H,1-2,5-6,8,15H2. The Balaban J connectivity index is 2.19. The molecular formula is C12H15BrFN. The highest BCUT2D eigenvalue weighted by Gasteiger charge is 2.30. The second kappa shape index (κ2) is 4.22. The number of hydrogen-bond acceptors (Lipinski definition) is 1. The molecule has 0 atom stereocenters. The van der Waals surface area contributed by atoms with Crippen molar-refractivity contribution in [2.45, 2.75) is 37.6 Å². The lowest BCUT2D eigenvalue weighted by Gasteiger charge is -2.23. The van der Waals surface area contributed by atoms with Gasteiger partial charge in [-0.05, 0) is 43.0 Å². The molecule has 1 nitrogen and oxygen atoms in total. The average Bonchev–Trinajstić information content (AvgIpc) is 2.59. The van der Waals surface area contributed by atoms with E-state index < -0.39 is 0 Å². The van der Waals surface area contributed by atoms with E-state index in [1.54, 1.807) is 6.07 Å². The maximum absolute atomic E-state index is 13.5. The molecule has 0 unspecified atom stereocenters. The van der Waals surface area contributed by atoms with Crippen LogP contribution in [0.4, 0.5) is 4.39 Å². The predicted molar refractivity (Wildman–Crippen MR) is 63.2 cm³/mol. The highest BCUT2D eigenvalue weighted by Crippen LogP contribution is 2.31. The number of halogens is 2. The molecule has 3 heteroatoms. The van der Waals surface area contributed by atoms with Crippen molar-refractivity contribution in [2.24, 2.45) is 5.73 Å². The first kappa shape index (κ1) is 11.1. The molecule has 0 spiro atoms. The summed E-state index contributed by atoms with van der Waals surface area (Å²) in [6.45, 7) is 0. The molecule has 0 amide bonds. The maximum Gasteiger partial charge on any atom is 0.126 e. The Morgan fingerprint density at radius 3 is 2.67 bits per heavy atom. The molecule has 0 heterocycles. The molecule has 82 valence electrons. The molecule has 2 N–H and O–H groups in total. The van der Waals surface area contributed by atoms with Gasteiger partial charge in [0.15, 0.2) is 0 Å². The Bertz CT molecular complexity index is 359. The van der Waals surface area contributed by atoms with Crippen molar-refractivity contribution >= 4 is 15.9 Å². The Morgan fingerprint density at radius 2 is 2.00 bits per heavy atom. The van der Waals surface area contributed by atoms with E-state index >= 15 is 0 Å². The number of rotatable bonds is 2. The lowest BCUT2D eigenvalue weighted by molar-refractivity contribution is 0.427. The van der Waals surface area contributed by atoms with Crippen LogP contribution < -0.4 is 5.73 Å². The Hall–Kier alpha value is -0.410. The van der Waals surface area contributed by atoms with E-state index in [1.165, 1.54) is 18.9 Å². The van der Waals surface area contributed by atoms with E-state index in [2.05, 4.69) is 15.9 Å². The molecule has 0 radical (unpaired) electrons. The summed E-state index contributed by atoms with van der Waals surface area (Å²) in [6, 6.07) is 5.05. The van der Waals surface area contributed by atoms with Crippen LogP contribution in [-0.4, -0.2) is 5.54 Å². The van der Waals surface area contributed by atoms with Gasteiger partial charge >= 0.3 is 0 Å². The maximum atomic E-state index is 13.5. The van der Waals surface area contributed by atoms with Crippen LogP contribution in [0.3, 0.4) is 0 Å². The van der Waals surface area contributed by atoms with E-state index in [9.17, 15) is 4.39 Å². The monoisotopic (exact) mass is 271 g/mol. The van der Waals surface area contributed by atoms with Crippen LogP contribution in [0.1, 0.15) is 31.2 Å². The largest absolute Gasteiger partial charge is 0.325 e. The van der Waals surface area contributed by atoms with Gasteiger partial charge in [-0.25, -0.2) is 4.39 Å². The molecule has 0 aromatic heterocycles. The van der Waals surface area contributed by atoms with Crippen molar-refractivity contribution in [3.63, 3.8) is 0 Å². The van der Waals surface area contributed by atoms with E-state index in [4.69, 9.17) is 5.73 Å². The van der Waals surface area contributed by atoms with Crippen LogP contribution in [0.15, 0.2) is 22.7 Å². The smallest absolute Gasteiger partial charge is 0.126 e. The normalized spacial score (nSPS) is 19.4. The minimum atomic E-state index is -0.179. The Kier molecular flexibility index (Phi) is 3.12. The van der Waals surface area contributed by atoms with Crippen molar-refractivity contribution in [1.29, 1.82) is 0 Å². The van der Waals surface area contributed by atoms with Crippen molar-refractivity contribution in [1.82, 2.24) is 0 Å². The number of benzene rings is 1. The van der Waals surface area contributed by atoms with Crippen LogP contribution in [0.5, 0.6) is 0 Å². The zero-order chi connectivity index (χ0) is 10.9. The summed E-state index contributed by atoms with van der Waals surface area (Å²) in [6.07, 6.45) is 5.02. The van der Waals surface area contributed by atoms with Gasteiger partial charge in [0.25, 0.3) is 0 Å². The molecule has 0 bridgehead atoms. The third-order valence-corrected chi connectivity index (χ3v) is 3.64. The SMILES string of the molecule is NC1(Cc2cc(Br)ccc2F)CCCC1. The van der Waals surface area contributed by atoms with E-state index in [0.717, 1.165) is 22.9 Å². The molecule has 15 heavy (non-hydrogen) atoms. The minimum absolute atomic E-state index is 0.144. The summed E-state index contributed by atoms with van der Waals surface area (Å²) in [5.41, 5.74) is 6.78. The first-order chi connectivity index (χ1) is 7.09. The molecular weight excluding hydrogens is 257 g/mol. The van der Waals surface area contributed by atoms with E-state index in [1.807, 2.05) is 6.07 Å². The molecule has 1 aliphatic carbocycles. The topological polar surface area (TPSA) is 26.0 Å². The van der Waals surface area contributed by atoms with Gasteiger partial charge in [0.2, 0.25) is 0 Å². The number of hydrogen-bond donors (Lipinski definition) is 1. The summed E-state index contributed by atoms with van der Waals surface area (Å²) in [5.74, 6) is -0.144.